The first-order chi connectivity index (χ1) is 16.0. The van der Waals surface area contributed by atoms with Crippen LogP contribution < -0.4 is 4.90 Å². The maximum atomic E-state index is 13.3. The second-order valence-electron chi connectivity index (χ2n) is 8.02. The molecule has 166 valence electrons. The molecular weight excluding hydrogens is 475 g/mol. The van der Waals surface area contributed by atoms with E-state index in [1.165, 1.54) is 11.3 Å². The van der Waals surface area contributed by atoms with Crippen LogP contribution in [-0.2, 0) is 4.79 Å². The molecule has 1 aliphatic carbocycles. The van der Waals surface area contributed by atoms with Crippen molar-refractivity contribution in [1.82, 2.24) is 0 Å². The number of carbonyl (C=O) groups is 1. The summed E-state index contributed by atoms with van der Waals surface area (Å²) in [5.74, 6) is -0.356. The highest BCUT2D eigenvalue weighted by atomic mass is 35.5. The lowest BCUT2D eigenvalue weighted by Gasteiger charge is -2.41. The van der Waals surface area contributed by atoms with Crippen molar-refractivity contribution in [3.63, 3.8) is 0 Å². The molecule has 0 radical (unpaired) electrons. The molecule has 0 amide bonds. The molecule has 0 bridgehead atoms. The van der Waals surface area contributed by atoms with Crippen LogP contribution in [0.3, 0.4) is 0 Å². The molecular formula is C26H20Cl2N2O2S. The molecule has 1 unspecified atom stereocenters. The predicted molar refractivity (Wildman–Crippen MR) is 136 cm³/mol. The van der Waals surface area contributed by atoms with Gasteiger partial charge in [0, 0.05) is 43.9 Å². The number of aliphatic hydroxyl groups excluding tert-OH is 1. The van der Waals surface area contributed by atoms with Gasteiger partial charge in [-0.05, 0) is 66.8 Å². The number of thiophene rings is 1. The molecule has 0 saturated heterocycles. The van der Waals surface area contributed by atoms with E-state index < -0.39 is 5.92 Å². The number of Topliss-reactive ketones (excluding diaryl/α,β-unsaturated/α-hetero) is 1. The van der Waals surface area contributed by atoms with Gasteiger partial charge in [-0.15, -0.1) is 11.3 Å². The van der Waals surface area contributed by atoms with Crippen LogP contribution in [0.4, 0.5) is 5.69 Å². The number of rotatable bonds is 3. The summed E-state index contributed by atoms with van der Waals surface area (Å²) in [6.45, 7) is 0. The monoisotopic (exact) mass is 494 g/mol. The lowest BCUT2D eigenvalue weighted by molar-refractivity contribution is -0.116. The molecule has 1 atom stereocenters. The number of anilines is 1. The molecule has 0 fully saturated rings. The Hall–Kier alpha value is -2.86. The van der Waals surface area contributed by atoms with E-state index in [1.807, 2.05) is 29.6 Å². The molecule has 1 aliphatic heterocycles. The Bertz CT molecular complexity index is 1310. The summed E-state index contributed by atoms with van der Waals surface area (Å²) in [6.07, 6.45) is 1.85. The fraction of sp³-hybridized carbons (Fsp3) is 0.154. The minimum Gasteiger partial charge on any atom is -0.507 e. The number of allylic oxidation sites excluding steroid dienone is 2. The van der Waals surface area contributed by atoms with Crippen LogP contribution in [0.25, 0.3) is 5.76 Å². The minimum absolute atomic E-state index is 0.0352. The van der Waals surface area contributed by atoms with Crippen LogP contribution in [0.2, 0.25) is 10.0 Å². The van der Waals surface area contributed by atoms with E-state index in [4.69, 9.17) is 23.2 Å². The average Bonchev–Trinajstić information content (AvgIpc) is 3.33. The van der Waals surface area contributed by atoms with Crippen molar-refractivity contribution >= 4 is 57.6 Å². The highest BCUT2D eigenvalue weighted by molar-refractivity contribution is 7.10. The second-order valence-corrected chi connectivity index (χ2v) is 9.87. The maximum absolute atomic E-state index is 13.3. The van der Waals surface area contributed by atoms with Crippen LogP contribution in [-0.4, -0.2) is 16.7 Å². The molecule has 0 saturated carbocycles. The summed E-state index contributed by atoms with van der Waals surface area (Å²) in [5.41, 5.74) is 3.09. The van der Waals surface area contributed by atoms with Gasteiger partial charge in [0.2, 0.25) is 0 Å². The Labute approximate surface area is 205 Å². The van der Waals surface area contributed by atoms with Gasteiger partial charge in [-0.2, -0.15) is 0 Å². The van der Waals surface area contributed by atoms with Crippen molar-refractivity contribution in [3.8, 4) is 0 Å². The Balaban J connectivity index is 1.81. The van der Waals surface area contributed by atoms with Crippen molar-refractivity contribution in [1.29, 1.82) is 5.41 Å². The number of amidine groups is 1. The summed E-state index contributed by atoms with van der Waals surface area (Å²) >= 11 is 13.9. The van der Waals surface area contributed by atoms with Gasteiger partial charge in [-0.1, -0.05) is 35.3 Å². The number of ketones is 1. The zero-order valence-electron chi connectivity index (χ0n) is 17.5. The molecule has 2 aliphatic rings. The van der Waals surface area contributed by atoms with E-state index in [0.717, 1.165) is 17.0 Å². The maximum Gasteiger partial charge on any atom is 0.161 e. The molecule has 2 heterocycles. The van der Waals surface area contributed by atoms with E-state index in [-0.39, 0.29) is 17.4 Å². The van der Waals surface area contributed by atoms with Gasteiger partial charge in [0.25, 0.3) is 0 Å². The van der Waals surface area contributed by atoms with Gasteiger partial charge in [0.1, 0.15) is 11.6 Å². The number of nitrogens with one attached hydrogen (secondary N) is 1. The van der Waals surface area contributed by atoms with Crippen LogP contribution in [0.5, 0.6) is 0 Å². The lowest BCUT2D eigenvalue weighted by atomic mass is 9.76. The molecule has 0 spiro atoms. The standard InChI is InChI=1S/C26H20Cl2N2O2S/c27-16-11-9-15(10-12-16)25(32)24-23(21-8-3-13-33-21)22-19(6-2-7-20(22)31)30(26(24)29)18-5-1-4-17(28)14-18/h1,3-5,8-14,23,29,32H,2,6-7H2/b25-24+,29-26?. The topological polar surface area (TPSA) is 64.4 Å². The summed E-state index contributed by atoms with van der Waals surface area (Å²) in [5, 5.41) is 23.8. The average molecular weight is 495 g/mol. The Morgan fingerprint density at radius 2 is 1.82 bits per heavy atom. The number of aliphatic hydroxyl groups is 1. The number of nitrogens with zero attached hydrogens (tertiary/aromatic N) is 1. The SMILES string of the molecule is N=C1/C(=C(/O)c2ccc(Cl)cc2)C(c2cccs2)C2=C(CCCC2=O)N1c1cccc(Cl)c1. The highest BCUT2D eigenvalue weighted by Crippen LogP contribution is 2.49. The number of benzene rings is 2. The molecule has 2 aromatic carbocycles. The van der Waals surface area contributed by atoms with Gasteiger partial charge in [0.15, 0.2) is 5.78 Å². The van der Waals surface area contributed by atoms with Crippen molar-refractivity contribution in [2.24, 2.45) is 0 Å². The van der Waals surface area contributed by atoms with E-state index in [1.54, 1.807) is 41.3 Å². The number of hydrogen-bond acceptors (Lipinski definition) is 4. The zero-order chi connectivity index (χ0) is 23.1. The first-order valence-corrected chi connectivity index (χ1v) is 12.2. The predicted octanol–water partition coefficient (Wildman–Crippen LogP) is 7.61. The minimum atomic E-state index is -0.508. The number of halogens is 2. The van der Waals surface area contributed by atoms with Gasteiger partial charge >= 0.3 is 0 Å². The highest BCUT2D eigenvalue weighted by Gasteiger charge is 2.43. The van der Waals surface area contributed by atoms with Crippen molar-refractivity contribution in [2.45, 2.75) is 25.2 Å². The fourth-order valence-corrected chi connectivity index (χ4v) is 5.75. The molecule has 5 rings (SSSR count). The van der Waals surface area contributed by atoms with Crippen molar-refractivity contribution < 1.29 is 9.90 Å². The Kier molecular flexibility index (Phi) is 5.87. The molecule has 1 aromatic heterocycles. The van der Waals surface area contributed by atoms with Gasteiger partial charge < -0.3 is 5.11 Å². The quantitative estimate of drug-likeness (QED) is 0.368. The Morgan fingerprint density at radius 1 is 1.03 bits per heavy atom. The normalized spacial score (nSPS) is 20.2. The van der Waals surface area contributed by atoms with Crippen molar-refractivity contribution in [2.75, 3.05) is 4.90 Å². The summed E-state index contributed by atoms with van der Waals surface area (Å²) in [7, 11) is 0. The smallest absolute Gasteiger partial charge is 0.161 e. The van der Waals surface area contributed by atoms with Crippen LogP contribution in [0, 0.1) is 5.41 Å². The third kappa shape index (κ3) is 3.90. The molecule has 7 heteroatoms. The molecule has 33 heavy (non-hydrogen) atoms. The van der Waals surface area contributed by atoms with Crippen molar-refractivity contribution in [3.05, 3.63) is 103 Å². The van der Waals surface area contributed by atoms with Gasteiger partial charge in [0.05, 0.1) is 11.5 Å². The third-order valence-corrected chi connectivity index (χ3v) is 7.45. The summed E-state index contributed by atoms with van der Waals surface area (Å²) in [6, 6.07) is 18.0. The van der Waals surface area contributed by atoms with Gasteiger partial charge in [-0.25, -0.2) is 0 Å². The molecule has 3 aromatic rings. The number of carbonyl (C=O) groups excluding carboxylic acids is 1. The third-order valence-electron chi connectivity index (χ3n) is 6.02. The van der Waals surface area contributed by atoms with E-state index >= 15 is 0 Å². The fourth-order valence-electron chi connectivity index (χ4n) is 4.60. The molecule has 4 nitrogen and oxygen atoms in total. The number of hydrogen-bond donors (Lipinski definition) is 2. The summed E-state index contributed by atoms with van der Waals surface area (Å²) < 4.78 is 0. The first kappa shape index (κ1) is 22.0. The zero-order valence-corrected chi connectivity index (χ0v) is 19.8. The lowest BCUT2D eigenvalue weighted by Crippen LogP contribution is -2.42. The Morgan fingerprint density at radius 3 is 2.52 bits per heavy atom. The molecule has 2 N–H and O–H groups in total. The van der Waals surface area contributed by atoms with E-state index in [2.05, 4.69) is 0 Å². The first-order valence-electron chi connectivity index (χ1n) is 10.6. The van der Waals surface area contributed by atoms with E-state index in [9.17, 15) is 15.3 Å². The largest absolute Gasteiger partial charge is 0.507 e. The van der Waals surface area contributed by atoms with Crippen LogP contribution in [0.1, 0.15) is 35.6 Å². The van der Waals surface area contributed by atoms with E-state index in [0.29, 0.717) is 45.3 Å². The summed E-state index contributed by atoms with van der Waals surface area (Å²) in [4.78, 5) is 16.0. The second kappa shape index (κ2) is 8.82. The van der Waals surface area contributed by atoms with Crippen LogP contribution in [0.15, 0.2) is 82.9 Å². The van der Waals surface area contributed by atoms with Crippen LogP contribution >= 0.6 is 34.5 Å². The van der Waals surface area contributed by atoms with Gasteiger partial charge in [-0.3, -0.25) is 15.1 Å².